The van der Waals surface area contributed by atoms with E-state index in [-0.39, 0.29) is 51.9 Å². The molecule has 4 rings (SSSR count). The van der Waals surface area contributed by atoms with Gasteiger partial charge in [0.25, 0.3) is 10.0 Å². The molecule has 4 aromatic rings. The van der Waals surface area contributed by atoms with Crippen LogP contribution in [0.25, 0.3) is 0 Å². The molecular weight excluding hydrogens is 678 g/mol. The highest BCUT2D eigenvalue weighted by atomic mass is 35.5. The first-order valence-electron chi connectivity index (χ1n) is 16.1. The number of carbonyl (C=O) groups excluding carboxylic acids is 2. The third kappa shape index (κ3) is 9.28. The summed E-state index contributed by atoms with van der Waals surface area (Å²) in [6, 6.07) is 24.7. The van der Waals surface area contributed by atoms with Gasteiger partial charge in [-0.05, 0) is 59.9 Å². The molecular formula is C38H44ClN3O7S. The molecule has 1 unspecified atom stereocenters. The van der Waals surface area contributed by atoms with Gasteiger partial charge >= 0.3 is 0 Å². The second kappa shape index (κ2) is 17.3. The summed E-state index contributed by atoms with van der Waals surface area (Å²) in [6.07, 6.45) is 0.200. The summed E-state index contributed by atoms with van der Waals surface area (Å²) >= 11 is 6.41. The molecule has 4 aromatic carbocycles. The number of anilines is 1. The summed E-state index contributed by atoms with van der Waals surface area (Å²) in [5, 5.41) is 3.23. The molecule has 0 heterocycles. The number of rotatable bonds is 16. The molecule has 0 spiro atoms. The Morgan fingerprint density at radius 3 is 2.10 bits per heavy atom. The first-order valence-corrected chi connectivity index (χ1v) is 17.9. The minimum Gasteiger partial charge on any atom is -0.495 e. The predicted octanol–water partition coefficient (Wildman–Crippen LogP) is 6.28. The Bertz CT molecular complexity index is 1890. The summed E-state index contributed by atoms with van der Waals surface area (Å²) in [7, 11) is -0.244. The summed E-state index contributed by atoms with van der Waals surface area (Å²) in [5.41, 5.74) is 2.61. The van der Waals surface area contributed by atoms with E-state index in [0.717, 1.165) is 21.0 Å². The van der Waals surface area contributed by atoms with Crippen LogP contribution >= 0.6 is 11.6 Å². The number of carbonyl (C=O) groups is 2. The lowest BCUT2D eigenvalue weighted by molar-refractivity contribution is -0.140. The molecule has 50 heavy (non-hydrogen) atoms. The molecule has 0 aliphatic carbocycles. The number of benzene rings is 4. The maximum Gasteiger partial charge on any atom is 0.265 e. The number of hydrogen-bond acceptors (Lipinski definition) is 7. The zero-order valence-corrected chi connectivity index (χ0v) is 30.8. The van der Waals surface area contributed by atoms with Gasteiger partial charge in [-0.15, -0.1) is 0 Å². The maximum absolute atomic E-state index is 14.8. The van der Waals surface area contributed by atoms with Gasteiger partial charge in [0.05, 0.1) is 31.9 Å². The molecule has 0 aliphatic heterocycles. The summed E-state index contributed by atoms with van der Waals surface area (Å²) < 4.78 is 46.5. The highest BCUT2D eigenvalue weighted by Gasteiger charge is 2.36. The Morgan fingerprint density at radius 1 is 0.820 bits per heavy atom. The second-order valence-electron chi connectivity index (χ2n) is 12.1. The average Bonchev–Trinajstić information content (AvgIpc) is 3.11. The lowest BCUT2D eigenvalue weighted by Gasteiger charge is -2.34. The number of ether oxygens (including phenoxy) is 3. The molecule has 0 aromatic heterocycles. The van der Waals surface area contributed by atoms with Crippen LogP contribution in [0.15, 0.2) is 95.9 Å². The lowest BCUT2D eigenvalue weighted by atomic mass is 10.0. The summed E-state index contributed by atoms with van der Waals surface area (Å²) in [4.78, 5) is 30.1. The van der Waals surface area contributed by atoms with Gasteiger partial charge in [0.2, 0.25) is 11.8 Å². The number of methoxy groups -OCH3 is 3. The molecule has 2 amide bonds. The molecule has 0 bridgehead atoms. The van der Waals surface area contributed by atoms with Crippen molar-refractivity contribution in [1.29, 1.82) is 0 Å². The fourth-order valence-corrected chi connectivity index (χ4v) is 7.02. The summed E-state index contributed by atoms with van der Waals surface area (Å²) in [5.74, 6) is -0.112. The maximum atomic E-state index is 14.8. The number of aryl methyl sites for hydroxylation is 1. The van der Waals surface area contributed by atoms with Crippen LogP contribution < -0.4 is 23.8 Å². The van der Waals surface area contributed by atoms with Crippen molar-refractivity contribution in [3.05, 3.63) is 113 Å². The van der Waals surface area contributed by atoms with Crippen LogP contribution in [-0.4, -0.2) is 65.6 Å². The molecule has 0 saturated heterocycles. The Balaban J connectivity index is 1.89. The quantitative estimate of drug-likeness (QED) is 0.145. The van der Waals surface area contributed by atoms with Crippen molar-refractivity contribution < 1.29 is 32.2 Å². The van der Waals surface area contributed by atoms with E-state index >= 15 is 0 Å². The van der Waals surface area contributed by atoms with Crippen molar-refractivity contribution in [3.63, 3.8) is 0 Å². The number of nitrogens with zero attached hydrogens (tertiary/aromatic N) is 2. The van der Waals surface area contributed by atoms with Gasteiger partial charge in [-0.2, -0.15) is 0 Å². The van der Waals surface area contributed by atoms with Crippen LogP contribution in [0.2, 0.25) is 5.02 Å². The van der Waals surface area contributed by atoms with Crippen molar-refractivity contribution in [3.8, 4) is 17.2 Å². The van der Waals surface area contributed by atoms with Crippen LogP contribution in [-0.2, 0) is 32.6 Å². The molecule has 12 heteroatoms. The van der Waals surface area contributed by atoms with Gasteiger partial charge in [-0.25, -0.2) is 8.42 Å². The highest BCUT2D eigenvalue weighted by Crippen LogP contribution is 2.37. The van der Waals surface area contributed by atoms with E-state index in [1.54, 1.807) is 6.07 Å². The van der Waals surface area contributed by atoms with Crippen LogP contribution in [0.5, 0.6) is 17.2 Å². The molecule has 0 saturated carbocycles. The van der Waals surface area contributed by atoms with Crippen LogP contribution in [0.4, 0.5) is 5.69 Å². The highest BCUT2D eigenvalue weighted by molar-refractivity contribution is 7.92. The fourth-order valence-electron chi connectivity index (χ4n) is 5.42. The molecule has 1 N–H and O–H groups in total. The minimum absolute atomic E-state index is 0.0443. The third-order valence-electron chi connectivity index (χ3n) is 8.19. The number of halogens is 1. The third-order valence-corrected chi connectivity index (χ3v) is 10.2. The van der Waals surface area contributed by atoms with Crippen molar-refractivity contribution >= 4 is 39.1 Å². The summed E-state index contributed by atoms with van der Waals surface area (Å²) in [6.45, 7) is 5.66. The van der Waals surface area contributed by atoms with E-state index in [9.17, 15) is 18.0 Å². The number of nitrogens with one attached hydrogen (secondary N) is 1. The standard InChI is InChI=1S/C38H44ClN3O7S/c1-26(2)23-40-38(44)33(20-28-13-8-7-9-14-28)41(24-29-15-11-10-12-27(29)3)37(43)25-42(32-21-30(39)16-18-34(32)47-4)50(45,46)31-17-19-35(48-5)36(22-31)49-6/h7-19,21-22,26,33H,20,23-25H2,1-6H3,(H,40,44). The first-order chi connectivity index (χ1) is 23.9. The van der Waals surface area contributed by atoms with Crippen LogP contribution in [0, 0.1) is 12.8 Å². The van der Waals surface area contributed by atoms with Crippen LogP contribution in [0.3, 0.4) is 0 Å². The lowest BCUT2D eigenvalue weighted by Crippen LogP contribution is -2.53. The van der Waals surface area contributed by atoms with Crippen molar-refractivity contribution in [2.24, 2.45) is 5.92 Å². The first kappa shape index (κ1) is 38.1. The molecule has 10 nitrogen and oxygen atoms in total. The van der Waals surface area contributed by atoms with E-state index in [1.807, 2.05) is 75.4 Å². The van der Waals surface area contributed by atoms with Gasteiger partial charge in [0, 0.05) is 30.6 Å². The van der Waals surface area contributed by atoms with Crippen molar-refractivity contribution in [1.82, 2.24) is 10.2 Å². The molecule has 1 atom stereocenters. The number of sulfonamides is 1. The van der Waals surface area contributed by atoms with E-state index in [0.29, 0.717) is 12.3 Å². The number of hydrogen-bond donors (Lipinski definition) is 1. The number of amides is 2. The molecule has 0 aliphatic rings. The monoisotopic (exact) mass is 721 g/mol. The van der Waals surface area contributed by atoms with Crippen LogP contribution in [0.1, 0.15) is 30.5 Å². The second-order valence-corrected chi connectivity index (χ2v) is 14.4. The normalized spacial score (nSPS) is 11.8. The Kier molecular flexibility index (Phi) is 13.1. The Labute approximate surface area is 300 Å². The minimum atomic E-state index is -4.49. The smallest absolute Gasteiger partial charge is 0.265 e. The average molecular weight is 722 g/mol. The largest absolute Gasteiger partial charge is 0.495 e. The van der Waals surface area contributed by atoms with Gasteiger partial charge in [0.1, 0.15) is 18.3 Å². The Morgan fingerprint density at radius 2 is 1.46 bits per heavy atom. The zero-order chi connectivity index (χ0) is 36.4. The fraction of sp³-hybridized carbons (Fsp3) is 0.316. The topological polar surface area (TPSA) is 114 Å². The SMILES string of the molecule is COc1ccc(S(=O)(=O)N(CC(=O)N(Cc2ccccc2C)C(Cc2ccccc2)C(=O)NCC(C)C)c2cc(Cl)ccc2OC)cc1OC. The Hall–Kier alpha value is -4.74. The van der Waals surface area contributed by atoms with E-state index in [1.165, 1.54) is 56.6 Å². The van der Waals surface area contributed by atoms with E-state index < -0.39 is 28.5 Å². The zero-order valence-electron chi connectivity index (χ0n) is 29.2. The molecule has 0 fully saturated rings. The molecule has 266 valence electrons. The van der Waals surface area contributed by atoms with E-state index in [2.05, 4.69) is 5.32 Å². The van der Waals surface area contributed by atoms with Gasteiger partial charge in [-0.3, -0.25) is 13.9 Å². The van der Waals surface area contributed by atoms with E-state index in [4.69, 9.17) is 25.8 Å². The van der Waals surface area contributed by atoms with Gasteiger partial charge in [0.15, 0.2) is 11.5 Å². The van der Waals surface area contributed by atoms with Gasteiger partial charge < -0.3 is 24.4 Å². The van der Waals surface area contributed by atoms with Crippen molar-refractivity contribution in [2.45, 2.75) is 44.7 Å². The molecule has 0 radical (unpaired) electrons. The van der Waals surface area contributed by atoms with Gasteiger partial charge in [-0.1, -0.05) is 80.0 Å². The van der Waals surface area contributed by atoms with Crippen molar-refractivity contribution in [2.75, 3.05) is 38.7 Å². The predicted molar refractivity (Wildman–Crippen MR) is 196 cm³/mol.